The summed E-state index contributed by atoms with van der Waals surface area (Å²) in [5.41, 5.74) is 3.75. The monoisotopic (exact) mass is 891 g/mol. The van der Waals surface area contributed by atoms with E-state index in [1.54, 1.807) is 32.4 Å². The number of imidazole rings is 2. The maximum Gasteiger partial charge on any atom is 0.177 e. The van der Waals surface area contributed by atoms with E-state index in [0.717, 1.165) is 0 Å². The minimum Gasteiger partial charge on any atom is -0.497 e. The highest BCUT2D eigenvalue weighted by Gasteiger charge is 2.54. The fourth-order valence-electron chi connectivity index (χ4n) is 8.59. The van der Waals surface area contributed by atoms with E-state index < -0.39 is 62.4 Å². The highest BCUT2D eigenvalue weighted by molar-refractivity contribution is 7.89. The third kappa shape index (κ3) is 7.90. The molecule has 6 heterocycles. The lowest BCUT2D eigenvalue weighted by Crippen LogP contribution is -2.44. The van der Waals surface area contributed by atoms with Gasteiger partial charge in [-0.15, -0.1) is 0 Å². The zero-order valence-corrected chi connectivity index (χ0v) is 37.0. The molecule has 64 heavy (non-hydrogen) atoms. The summed E-state index contributed by atoms with van der Waals surface area (Å²) in [5.74, 6) is 1.24. The number of ether oxygens (including phenoxy) is 5. The highest BCUT2D eigenvalue weighted by Crippen LogP contribution is 2.58. The molecule has 0 aliphatic carbocycles. The molecular weight excluding hydrogens is 844 g/mol. The predicted molar refractivity (Wildman–Crippen MR) is 235 cm³/mol. The topological polar surface area (TPSA) is 152 Å². The van der Waals surface area contributed by atoms with Crippen molar-refractivity contribution in [2.75, 3.05) is 27.5 Å². The maximum absolute atomic E-state index is 17.9. The summed E-state index contributed by atoms with van der Waals surface area (Å²) < 4.78 is 81.6. The largest absolute Gasteiger partial charge is 0.497 e. The summed E-state index contributed by atoms with van der Waals surface area (Å²) in [6.07, 6.45) is -3.99. The molecule has 2 fully saturated rings. The van der Waals surface area contributed by atoms with Gasteiger partial charge in [0.1, 0.15) is 59.6 Å². The van der Waals surface area contributed by atoms with Crippen LogP contribution in [0.3, 0.4) is 0 Å². The maximum atomic E-state index is 17.9. The fraction of sp³-hybridized carbons (Fsp3) is 0.378. The number of methoxy groups -OCH3 is 2. The van der Waals surface area contributed by atoms with Crippen LogP contribution in [0.25, 0.3) is 22.3 Å². The van der Waals surface area contributed by atoms with Gasteiger partial charge in [-0.05, 0) is 61.2 Å². The molecule has 19 heteroatoms. The Morgan fingerprint density at radius 2 is 1.19 bits per heavy atom. The number of hydrogen-bond donors (Lipinski definition) is 0. The Kier molecular flexibility index (Phi) is 12.2. The number of aromatic nitrogens is 8. The minimum absolute atomic E-state index is 0.314. The van der Waals surface area contributed by atoms with Gasteiger partial charge >= 0.3 is 0 Å². The van der Waals surface area contributed by atoms with Crippen molar-refractivity contribution in [3.05, 3.63) is 132 Å². The van der Waals surface area contributed by atoms with Gasteiger partial charge in [-0.3, -0.25) is 18.2 Å². The first-order chi connectivity index (χ1) is 31.0. The highest BCUT2D eigenvalue weighted by atomic mass is 31.2. The van der Waals surface area contributed by atoms with Crippen LogP contribution in [0, 0.1) is 13.8 Å². The van der Waals surface area contributed by atoms with E-state index in [0.29, 0.717) is 68.3 Å². The number of nitrogens with zero attached hydrogens (tertiary/aromatic N) is 8. The van der Waals surface area contributed by atoms with Crippen molar-refractivity contribution >= 4 is 37.5 Å². The van der Waals surface area contributed by atoms with E-state index in [1.165, 1.54) is 29.9 Å². The molecule has 9 atom stereocenters. The summed E-state index contributed by atoms with van der Waals surface area (Å²) in [6.45, 7) is 6.69. The molecule has 0 saturated carbocycles. The first kappa shape index (κ1) is 43.8. The zero-order valence-electron chi connectivity index (χ0n) is 36.1. The van der Waals surface area contributed by atoms with Gasteiger partial charge in [-0.2, -0.15) is 0 Å². The van der Waals surface area contributed by atoms with Crippen molar-refractivity contribution in [1.29, 1.82) is 0 Å². The number of halogens is 2. The van der Waals surface area contributed by atoms with Crippen LogP contribution in [0.2, 0.25) is 0 Å². The number of benzene rings is 3. The molecule has 2 aliphatic rings. The molecule has 2 saturated heterocycles. The molecule has 331 valence electrons. The quantitative estimate of drug-likeness (QED) is 0.0568. The van der Waals surface area contributed by atoms with Gasteiger partial charge < -0.3 is 23.7 Å². The summed E-state index contributed by atoms with van der Waals surface area (Å²) in [5, 5.41) is 0. The Bertz CT molecular complexity index is 2670. The van der Waals surface area contributed by atoms with E-state index in [-0.39, 0.29) is 6.61 Å². The molecule has 4 aromatic heterocycles. The Balaban J connectivity index is 1.10. The van der Waals surface area contributed by atoms with Crippen LogP contribution in [0.15, 0.2) is 104 Å². The molecule has 0 N–H and O–H groups in total. The normalized spacial score (nSPS) is 24.6. The lowest BCUT2D eigenvalue weighted by molar-refractivity contribution is -0.103. The number of aryl methyl sites for hydroxylation is 2. The first-order valence-electron chi connectivity index (χ1n) is 20.8. The van der Waals surface area contributed by atoms with Crippen molar-refractivity contribution in [2.45, 2.75) is 82.0 Å². The van der Waals surface area contributed by atoms with E-state index in [2.05, 4.69) is 29.9 Å². The van der Waals surface area contributed by atoms with Gasteiger partial charge in [-0.25, -0.2) is 46.3 Å². The van der Waals surface area contributed by atoms with Gasteiger partial charge in [0, 0.05) is 7.59 Å². The molecule has 15 nitrogen and oxygen atoms in total. The van der Waals surface area contributed by atoms with Crippen molar-refractivity contribution in [2.24, 2.45) is 0 Å². The third-order valence-electron chi connectivity index (χ3n) is 11.9. The Morgan fingerprint density at radius 3 is 1.72 bits per heavy atom. The molecule has 7 aromatic rings. The van der Waals surface area contributed by atoms with Crippen LogP contribution in [-0.2, 0) is 28.9 Å². The Labute approximate surface area is 370 Å². The smallest absolute Gasteiger partial charge is 0.177 e. The average molecular weight is 892 g/mol. The summed E-state index contributed by atoms with van der Waals surface area (Å²) in [4.78, 5) is 26.3. The predicted octanol–water partition coefficient (Wildman–Crippen LogP) is 7.52. The second-order valence-electron chi connectivity index (χ2n) is 15.9. The Hall–Kier alpha value is -5.49. The van der Waals surface area contributed by atoms with Crippen molar-refractivity contribution in [3.8, 4) is 11.5 Å². The van der Waals surface area contributed by atoms with E-state index in [1.807, 2.05) is 92.7 Å². The second-order valence-corrected chi connectivity index (χ2v) is 18.1. The van der Waals surface area contributed by atoms with Crippen molar-refractivity contribution in [3.63, 3.8) is 0 Å². The lowest BCUT2D eigenvalue weighted by atomic mass is 9.79. The molecule has 5 unspecified atom stereocenters. The molecule has 3 aromatic carbocycles. The first-order valence-corrected chi connectivity index (χ1v) is 23.0. The summed E-state index contributed by atoms with van der Waals surface area (Å²) >= 11 is 0. The lowest BCUT2D eigenvalue weighted by Gasteiger charge is -2.40. The number of fused-ring (bicyclic) bond motifs is 2. The van der Waals surface area contributed by atoms with Gasteiger partial charge in [0.2, 0.25) is 0 Å². The molecular formula is C45H47BF2N8O7P. The van der Waals surface area contributed by atoms with Crippen LogP contribution in [0.4, 0.5) is 8.78 Å². The molecule has 0 amide bonds. The van der Waals surface area contributed by atoms with Gasteiger partial charge in [0.15, 0.2) is 42.2 Å². The van der Waals surface area contributed by atoms with Crippen LogP contribution >= 0.6 is 7.59 Å². The minimum atomic E-state index is -3.45. The third-order valence-corrected chi connectivity index (χ3v) is 13.2. The van der Waals surface area contributed by atoms with Crippen LogP contribution in [-0.4, -0.2) is 111 Å². The number of rotatable bonds is 15. The van der Waals surface area contributed by atoms with Crippen molar-refractivity contribution < 1.29 is 41.5 Å². The van der Waals surface area contributed by atoms with Gasteiger partial charge in [0.25, 0.3) is 0 Å². The van der Waals surface area contributed by atoms with Crippen LogP contribution in [0.5, 0.6) is 11.5 Å². The summed E-state index contributed by atoms with van der Waals surface area (Å²) in [7, 11) is 6.60. The molecule has 0 spiro atoms. The zero-order chi connectivity index (χ0) is 44.8. The molecule has 3 radical (unpaired) electrons. The second kappa shape index (κ2) is 17.8. The molecule has 0 bridgehead atoms. The van der Waals surface area contributed by atoms with Crippen LogP contribution in [0.1, 0.15) is 53.9 Å². The van der Waals surface area contributed by atoms with E-state index in [9.17, 15) is 0 Å². The van der Waals surface area contributed by atoms with Gasteiger partial charge in [0.05, 0.1) is 51.0 Å². The number of hydrogen-bond acceptors (Lipinski definition) is 13. The standard InChI is InChI=1S/C45H47BF2N8O7P/c1-7-33-35(47)40(44(60-33)56-25-54-38-27(3)50-23-52-42(38)56)63-64(6,46)59-21-34-39(36(48)43(61-34)55-24-53-37-26(2)49-22-51-41(37)55)62-45(28-11-9-8-10-12-28,29-13-17-31(57-4)18-14-29)30-15-19-32(58-5)20-16-30/h8-20,22-25,33-36,39-40,43-44H,7,21H2,1-6H3/t33?,34-,35+,36+,39?,40?,43-,44?,64?/m1/s1. The molecule has 9 rings (SSSR count). The average Bonchev–Trinajstić information content (AvgIpc) is 4.09. The SMILES string of the molecule is [B-][P+](C)(OC[C@H]1O[C@@H](n2cnc3c(C)ncnc32)[C@@H](F)C1OC(c1ccccc1)(c1ccc(OC)cc1)c1ccc(OC)cc1)OC1C(n2cnc3c(C)ncnc32)OC(CC)[C@@H]1F. The van der Waals surface area contributed by atoms with E-state index in [4.69, 9.17) is 40.3 Å². The van der Waals surface area contributed by atoms with Gasteiger partial charge in [-0.1, -0.05) is 61.5 Å². The Morgan fingerprint density at radius 1 is 0.672 bits per heavy atom. The number of alkyl halides is 2. The van der Waals surface area contributed by atoms with E-state index >= 15 is 8.78 Å². The van der Waals surface area contributed by atoms with Crippen molar-refractivity contribution in [1.82, 2.24) is 39.0 Å². The van der Waals surface area contributed by atoms with Crippen LogP contribution < -0.4 is 9.47 Å². The molecule has 2 aliphatic heterocycles. The fourth-order valence-corrected chi connectivity index (χ4v) is 9.79. The summed E-state index contributed by atoms with van der Waals surface area (Å²) in [6, 6.07) is 24.4.